The lowest BCUT2D eigenvalue weighted by Gasteiger charge is -2.23. The molecular weight excluding hydrogens is 304 g/mol. The Hall–Kier alpha value is -2.16. The van der Waals surface area contributed by atoms with E-state index < -0.39 is 41.8 Å². The number of primary amides is 1. The third-order valence-electron chi connectivity index (χ3n) is 3.05. The predicted molar refractivity (Wildman–Crippen MR) is 83.0 cm³/mol. The molecule has 0 aromatic heterocycles. The fourth-order valence-electron chi connectivity index (χ4n) is 1.82. The van der Waals surface area contributed by atoms with Crippen LogP contribution in [0.1, 0.15) is 40.0 Å². The van der Waals surface area contributed by atoms with Crippen molar-refractivity contribution in [2.24, 2.45) is 17.4 Å². The van der Waals surface area contributed by atoms with Crippen molar-refractivity contribution < 1.29 is 24.3 Å². The van der Waals surface area contributed by atoms with Gasteiger partial charge in [0.15, 0.2) is 0 Å². The second kappa shape index (κ2) is 9.78. The van der Waals surface area contributed by atoms with E-state index in [0.29, 0.717) is 6.42 Å². The number of carboxylic acids is 1. The Labute approximate surface area is 135 Å². The molecule has 132 valence electrons. The second-order valence-corrected chi connectivity index (χ2v) is 5.88. The van der Waals surface area contributed by atoms with Crippen molar-refractivity contribution in [3.8, 4) is 0 Å². The van der Waals surface area contributed by atoms with Crippen LogP contribution < -0.4 is 22.1 Å². The van der Waals surface area contributed by atoms with E-state index in [1.807, 2.05) is 13.8 Å². The van der Waals surface area contributed by atoms with E-state index in [-0.39, 0.29) is 18.8 Å². The van der Waals surface area contributed by atoms with Gasteiger partial charge >= 0.3 is 5.97 Å². The molecule has 3 atom stereocenters. The summed E-state index contributed by atoms with van der Waals surface area (Å²) in [5.74, 6) is -2.98. The standard InChI is InChI=1S/C14H26N4O5/c1-7(2)6-10(18-12(20)8(3)15)13(21)17-9(14(22)23)4-5-11(16)19/h7-10H,4-6,15H2,1-3H3,(H2,16,19)(H,17,21)(H,18,20)(H,22,23). The maximum atomic E-state index is 12.3. The molecule has 0 spiro atoms. The van der Waals surface area contributed by atoms with E-state index in [9.17, 15) is 19.2 Å². The molecule has 0 saturated heterocycles. The Kier molecular flexibility index (Phi) is 8.86. The molecule has 0 bridgehead atoms. The summed E-state index contributed by atoms with van der Waals surface area (Å²) in [6.45, 7) is 5.20. The number of hydrogen-bond donors (Lipinski definition) is 5. The highest BCUT2D eigenvalue weighted by atomic mass is 16.4. The first-order valence-electron chi connectivity index (χ1n) is 7.42. The average Bonchev–Trinajstić information content (AvgIpc) is 2.40. The maximum absolute atomic E-state index is 12.3. The van der Waals surface area contributed by atoms with Gasteiger partial charge in [0.25, 0.3) is 0 Å². The van der Waals surface area contributed by atoms with Crippen molar-refractivity contribution in [2.75, 3.05) is 0 Å². The molecule has 0 saturated carbocycles. The first kappa shape index (κ1) is 20.8. The van der Waals surface area contributed by atoms with Gasteiger partial charge in [-0.3, -0.25) is 14.4 Å². The van der Waals surface area contributed by atoms with Gasteiger partial charge in [-0.15, -0.1) is 0 Å². The Morgan fingerprint density at radius 1 is 1.00 bits per heavy atom. The lowest BCUT2D eigenvalue weighted by atomic mass is 10.0. The van der Waals surface area contributed by atoms with Crippen molar-refractivity contribution in [3.63, 3.8) is 0 Å². The van der Waals surface area contributed by atoms with E-state index in [0.717, 1.165) is 0 Å². The highest BCUT2D eigenvalue weighted by molar-refractivity contribution is 5.91. The largest absolute Gasteiger partial charge is 0.480 e. The molecule has 0 radical (unpaired) electrons. The summed E-state index contributed by atoms with van der Waals surface area (Å²) in [6, 6.07) is -2.94. The van der Waals surface area contributed by atoms with Gasteiger partial charge in [0.1, 0.15) is 12.1 Å². The van der Waals surface area contributed by atoms with Gasteiger partial charge in [0.05, 0.1) is 6.04 Å². The molecule has 3 unspecified atom stereocenters. The molecule has 9 heteroatoms. The van der Waals surface area contributed by atoms with Gasteiger partial charge in [-0.1, -0.05) is 13.8 Å². The van der Waals surface area contributed by atoms with E-state index >= 15 is 0 Å². The van der Waals surface area contributed by atoms with Gasteiger partial charge in [-0.05, 0) is 25.7 Å². The predicted octanol–water partition coefficient (Wildman–Crippen LogP) is -1.30. The third kappa shape index (κ3) is 8.77. The number of rotatable bonds is 10. The van der Waals surface area contributed by atoms with Gasteiger partial charge in [0, 0.05) is 6.42 Å². The van der Waals surface area contributed by atoms with Crippen molar-refractivity contribution in [2.45, 2.75) is 58.2 Å². The number of aliphatic carboxylic acids is 1. The topological polar surface area (TPSA) is 165 Å². The zero-order valence-corrected chi connectivity index (χ0v) is 13.7. The summed E-state index contributed by atoms with van der Waals surface area (Å²) in [6.07, 6.45) is 0.0385. The smallest absolute Gasteiger partial charge is 0.326 e. The maximum Gasteiger partial charge on any atom is 0.326 e. The minimum absolute atomic E-state index is 0.0908. The van der Waals surface area contributed by atoms with E-state index in [1.54, 1.807) is 0 Å². The molecule has 3 amide bonds. The summed E-state index contributed by atoms with van der Waals surface area (Å²) in [5.41, 5.74) is 10.4. The minimum atomic E-state index is -1.28. The molecule has 0 fully saturated rings. The zero-order chi connectivity index (χ0) is 18.2. The number of nitrogens with one attached hydrogen (secondary N) is 2. The summed E-state index contributed by atoms with van der Waals surface area (Å²) in [7, 11) is 0. The average molecular weight is 330 g/mol. The molecule has 0 rings (SSSR count). The molecule has 7 N–H and O–H groups in total. The number of carbonyl (C=O) groups is 4. The van der Waals surface area contributed by atoms with Gasteiger partial charge in [0.2, 0.25) is 17.7 Å². The van der Waals surface area contributed by atoms with Crippen LogP contribution in [0, 0.1) is 5.92 Å². The van der Waals surface area contributed by atoms with E-state index in [1.165, 1.54) is 6.92 Å². The molecule has 9 nitrogen and oxygen atoms in total. The summed E-state index contributed by atoms with van der Waals surface area (Å²) >= 11 is 0. The highest BCUT2D eigenvalue weighted by Crippen LogP contribution is 2.07. The van der Waals surface area contributed by atoms with E-state index in [2.05, 4.69) is 10.6 Å². The SMILES string of the molecule is CC(C)CC(NC(=O)C(C)N)C(=O)NC(CCC(N)=O)C(=O)O. The highest BCUT2D eigenvalue weighted by Gasteiger charge is 2.27. The van der Waals surface area contributed by atoms with Crippen LogP contribution in [0.4, 0.5) is 0 Å². The Bertz CT molecular complexity index is 450. The van der Waals surface area contributed by atoms with Crippen LogP contribution in [0.2, 0.25) is 0 Å². The molecule has 0 aliphatic rings. The monoisotopic (exact) mass is 330 g/mol. The van der Waals surface area contributed by atoms with Crippen LogP contribution in [0.25, 0.3) is 0 Å². The lowest BCUT2D eigenvalue weighted by molar-refractivity contribution is -0.142. The van der Waals surface area contributed by atoms with Crippen molar-refractivity contribution >= 4 is 23.7 Å². The van der Waals surface area contributed by atoms with Gasteiger partial charge in [-0.2, -0.15) is 0 Å². The molecule has 0 aliphatic carbocycles. The van der Waals surface area contributed by atoms with Crippen molar-refractivity contribution in [1.82, 2.24) is 10.6 Å². The van der Waals surface area contributed by atoms with Crippen molar-refractivity contribution in [1.29, 1.82) is 0 Å². The Morgan fingerprint density at radius 3 is 1.91 bits per heavy atom. The normalized spacial score (nSPS) is 14.7. The number of nitrogens with two attached hydrogens (primary N) is 2. The van der Waals surface area contributed by atoms with Crippen LogP contribution in [0.3, 0.4) is 0 Å². The fraction of sp³-hybridized carbons (Fsp3) is 0.714. The molecule has 0 aromatic carbocycles. The van der Waals surface area contributed by atoms with Crippen LogP contribution >= 0.6 is 0 Å². The molecule has 0 aliphatic heterocycles. The van der Waals surface area contributed by atoms with Crippen LogP contribution in [0.15, 0.2) is 0 Å². The summed E-state index contributed by atoms with van der Waals surface area (Å²) < 4.78 is 0. The van der Waals surface area contributed by atoms with Gasteiger partial charge < -0.3 is 27.2 Å². The van der Waals surface area contributed by atoms with Crippen LogP contribution in [-0.4, -0.2) is 46.9 Å². The molecule has 0 aromatic rings. The first-order chi connectivity index (χ1) is 10.5. The lowest BCUT2D eigenvalue weighted by Crippen LogP contribution is -2.54. The van der Waals surface area contributed by atoms with Crippen molar-refractivity contribution in [3.05, 3.63) is 0 Å². The Morgan fingerprint density at radius 2 is 1.52 bits per heavy atom. The number of amides is 3. The van der Waals surface area contributed by atoms with Crippen LogP contribution in [0.5, 0.6) is 0 Å². The van der Waals surface area contributed by atoms with Gasteiger partial charge in [-0.25, -0.2) is 4.79 Å². The minimum Gasteiger partial charge on any atom is -0.480 e. The zero-order valence-electron chi connectivity index (χ0n) is 13.7. The molecule has 0 heterocycles. The molecule has 23 heavy (non-hydrogen) atoms. The third-order valence-corrected chi connectivity index (χ3v) is 3.05. The van der Waals surface area contributed by atoms with E-state index in [4.69, 9.17) is 16.6 Å². The quantitative estimate of drug-likeness (QED) is 0.334. The Balaban J connectivity index is 4.92. The number of carboxylic acid groups (broad SMARTS) is 1. The number of hydrogen-bond acceptors (Lipinski definition) is 5. The summed E-state index contributed by atoms with van der Waals surface area (Å²) in [5, 5.41) is 13.9. The first-order valence-corrected chi connectivity index (χ1v) is 7.42. The number of carbonyl (C=O) groups excluding carboxylic acids is 3. The van der Waals surface area contributed by atoms with Crippen LogP contribution in [-0.2, 0) is 19.2 Å². The fourth-order valence-corrected chi connectivity index (χ4v) is 1.82. The summed E-state index contributed by atoms with van der Waals surface area (Å²) in [4.78, 5) is 45.8. The second-order valence-electron chi connectivity index (χ2n) is 5.88. The molecular formula is C14H26N4O5.